The van der Waals surface area contributed by atoms with Gasteiger partial charge in [0.05, 0.1) is 5.56 Å². The minimum atomic E-state index is -0.536. The van der Waals surface area contributed by atoms with Crippen LogP contribution in [0.1, 0.15) is 44.6 Å². The van der Waals surface area contributed by atoms with Gasteiger partial charge in [0.25, 0.3) is 17.4 Å². The number of anilines is 1. The quantitative estimate of drug-likeness (QED) is 0.874. The molecule has 3 rings (SSSR count). The summed E-state index contributed by atoms with van der Waals surface area (Å²) in [6, 6.07) is 2.63. The summed E-state index contributed by atoms with van der Waals surface area (Å²) in [6.07, 6.45) is 2.67. The van der Waals surface area contributed by atoms with E-state index in [4.69, 9.17) is 5.73 Å². The molecule has 0 aromatic carbocycles. The first-order valence-electron chi connectivity index (χ1n) is 7.67. The first-order chi connectivity index (χ1) is 11.4. The molecule has 0 fully saturated rings. The molecule has 1 aliphatic carbocycles. The zero-order chi connectivity index (χ0) is 17.4. The first-order valence-corrected chi connectivity index (χ1v) is 8.48. The Kier molecular flexibility index (Phi) is 4.23. The van der Waals surface area contributed by atoms with E-state index >= 15 is 0 Å². The number of hydrogen-bond acceptors (Lipinski definition) is 5. The van der Waals surface area contributed by atoms with Crippen molar-refractivity contribution in [1.29, 1.82) is 0 Å². The number of hydrogen-bond donors (Lipinski definition) is 2. The molecule has 0 radical (unpaired) electrons. The summed E-state index contributed by atoms with van der Waals surface area (Å²) in [5.41, 5.74) is 6.69. The van der Waals surface area contributed by atoms with E-state index in [1.165, 1.54) is 30.5 Å². The van der Waals surface area contributed by atoms with Gasteiger partial charge >= 0.3 is 0 Å². The van der Waals surface area contributed by atoms with E-state index in [9.17, 15) is 14.4 Å². The van der Waals surface area contributed by atoms with Crippen LogP contribution in [-0.2, 0) is 19.9 Å². The number of nitrogens with one attached hydrogen (secondary N) is 1. The Hall–Kier alpha value is -2.48. The Morgan fingerprint density at radius 3 is 2.83 bits per heavy atom. The van der Waals surface area contributed by atoms with Crippen molar-refractivity contribution in [2.75, 3.05) is 5.32 Å². The van der Waals surface area contributed by atoms with Crippen LogP contribution >= 0.6 is 11.3 Å². The van der Waals surface area contributed by atoms with E-state index in [0.717, 1.165) is 34.4 Å². The van der Waals surface area contributed by atoms with Crippen LogP contribution in [0.25, 0.3) is 0 Å². The molecule has 2 amide bonds. The van der Waals surface area contributed by atoms with Crippen LogP contribution in [0.15, 0.2) is 16.9 Å². The van der Waals surface area contributed by atoms with Gasteiger partial charge in [0.15, 0.2) is 0 Å². The fourth-order valence-electron chi connectivity index (χ4n) is 2.89. The zero-order valence-corrected chi connectivity index (χ0v) is 14.3. The largest absolute Gasteiger partial charge is 0.365 e. The van der Waals surface area contributed by atoms with E-state index in [1.807, 2.05) is 0 Å². The Morgan fingerprint density at radius 1 is 1.42 bits per heavy atom. The lowest BCUT2D eigenvalue weighted by atomic mass is 9.88. The molecule has 2 aromatic rings. The average molecular weight is 346 g/mol. The lowest BCUT2D eigenvalue weighted by molar-refractivity contribution is 0.1000. The van der Waals surface area contributed by atoms with Crippen molar-refractivity contribution < 1.29 is 9.59 Å². The number of amides is 2. The SMILES string of the molecule is C[C@@H]1CCc2c(sc(NC(=O)c3ccc(=O)n(C)n3)c2C(N)=O)C1. The normalized spacial score (nSPS) is 16.5. The predicted molar refractivity (Wildman–Crippen MR) is 91.5 cm³/mol. The van der Waals surface area contributed by atoms with Gasteiger partial charge in [-0.25, -0.2) is 4.68 Å². The van der Waals surface area contributed by atoms with Gasteiger partial charge in [-0.2, -0.15) is 5.10 Å². The lowest BCUT2D eigenvalue weighted by Gasteiger charge is -2.18. The van der Waals surface area contributed by atoms with Gasteiger partial charge in [-0.05, 0) is 36.8 Å². The maximum atomic E-state index is 12.4. The highest BCUT2D eigenvalue weighted by molar-refractivity contribution is 7.17. The van der Waals surface area contributed by atoms with Gasteiger partial charge in [-0.3, -0.25) is 14.4 Å². The molecule has 0 saturated heterocycles. The van der Waals surface area contributed by atoms with Gasteiger partial charge < -0.3 is 11.1 Å². The highest BCUT2D eigenvalue weighted by Gasteiger charge is 2.27. The Balaban J connectivity index is 1.94. The molecule has 24 heavy (non-hydrogen) atoms. The molecule has 1 aliphatic rings. The molecule has 0 aliphatic heterocycles. The summed E-state index contributed by atoms with van der Waals surface area (Å²) in [6.45, 7) is 2.17. The number of nitrogens with zero attached hydrogens (tertiary/aromatic N) is 2. The number of carbonyl (C=O) groups excluding carboxylic acids is 2. The third kappa shape index (κ3) is 2.96. The summed E-state index contributed by atoms with van der Waals surface area (Å²) in [7, 11) is 1.47. The standard InChI is InChI=1S/C16H18N4O3S/c1-8-3-4-9-11(7-8)24-16(13(9)14(17)22)18-15(23)10-5-6-12(21)20(2)19-10/h5-6,8H,3-4,7H2,1-2H3,(H2,17,22)(H,18,23)/t8-/m1/s1. The Labute approximate surface area is 142 Å². The van der Waals surface area contributed by atoms with Crippen LogP contribution in [0.4, 0.5) is 5.00 Å². The van der Waals surface area contributed by atoms with Crippen LogP contribution in [0.2, 0.25) is 0 Å². The number of fused-ring (bicyclic) bond motifs is 1. The summed E-state index contributed by atoms with van der Waals surface area (Å²) < 4.78 is 1.09. The molecule has 0 unspecified atom stereocenters. The molecule has 1 atom stereocenters. The molecule has 0 saturated carbocycles. The topological polar surface area (TPSA) is 107 Å². The average Bonchev–Trinajstić information content (AvgIpc) is 2.86. The molecule has 3 N–H and O–H groups in total. The zero-order valence-electron chi connectivity index (χ0n) is 13.5. The number of rotatable bonds is 3. The number of nitrogens with two attached hydrogens (primary N) is 1. The molecule has 126 valence electrons. The minimum Gasteiger partial charge on any atom is -0.365 e. The monoisotopic (exact) mass is 346 g/mol. The van der Waals surface area contributed by atoms with E-state index in [-0.39, 0.29) is 11.3 Å². The maximum absolute atomic E-state index is 12.4. The predicted octanol–water partition coefficient (Wildman–Crippen LogP) is 1.32. The molecule has 7 nitrogen and oxygen atoms in total. The highest BCUT2D eigenvalue weighted by atomic mass is 32.1. The fraction of sp³-hybridized carbons (Fsp3) is 0.375. The van der Waals surface area contributed by atoms with Gasteiger partial charge in [-0.1, -0.05) is 6.92 Å². The molecular formula is C16H18N4O3S. The van der Waals surface area contributed by atoms with Crippen molar-refractivity contribution in [3.8, 4) is 0 Å². The number of primary amides is 1. The molecule has 8 heteroatoms. The first kappa shape index (κ1) is 16.4. The van der Waals surface area contributed by atoms with Crippen molar-refractivity contribution in [3.63, 3.8) is 0 Å². The molecule has 2 aromatic heterocycles. The molecule has 0 spiro atoms. The number of aromatic nitrogens is 2. The summed E-state index contributed by atoms with van der Waals surface area (Å²) >= 11 is 1.40. The van der Waals surface area contributed by atoms with Crippen LogP contribution in [0.3, 0.4) is 0 Å². The van der Waals surface area contributed by atoms with Crippen LogP contribution in [0, 0.1) is 5.92 Å². The molecule has 0 bridgehead atoms. The summed E-state index contributed by atoms with van der Waals surface area (Å²) in [5, 5.41) is 7.11. The third-order valence-electron chi connectivity index (χ3n) is 4.18. The van der Waals surface area contributed by atoms with Crippen LogP contribution < -0.4 is 16.6 Å². The maximum Gasteiger partial charge on any atom is 0.276 e. The van der Waals surface area contributed by atoms with E-state index in [2.05, 4.69) is 17.3 Å². The fourth-order valence-corrected chi connectivity index (χ4v) is 4.30. The van der Waals surface area contributed by atoms with Crippen molar-refractivity contribution in [2.45, 2.75) is 26.2 Å². The summed E-state index contributed by atoms with van der Waals surface area (Å²) in [5.74, 6) is -0.462. The van der Waals surface area contributed by atoms with Gasteiger partial charge in [0.2, 0.25) is 0 Å². The highest BCUT2D eigenvalue weighted by Crippen LogP contribution is 2.39. The molecule has 2 heterocycles. The Morgan fingerprint density at radius 2 is 2.17 bits per heavy atom. The van der Waals surface area contributed by atoms with Gasteiger partial charge in [-0.15, -0.1) is 11.3 Å². The van der Waals surface area contributed by atoms with Crippen molar-refractivity contribution in [2.24, 2.45) is 18.7 Å². The van der Waals surface area contributed by atoms with Crippen molar-refractivity contribution in [3.05, 3.63) is 44.2 Å². The number of thiophene rings is 1. The minimum absolute atomic E-state index is 0.104. The second-order valence-corrected chi connectivity index (χ2v) is 7.16. The Bertz CT molecular complexity index is 884. The van der Waals surface area contributed by atoms with Crippen LogP contribution in [0.5, 0.6) is 0 Å². The number of carbonyl (C=O) groups is 2. The van der Waals surface area contributed by atoms with Crippen molar-refractivity contribution >= 4 is 28.2 Å². The lowest BCUT2D eigenvalue weighted by Crippen LogP contribution is -2.24. The second kappa shape index (κ2) is 6.20. The van der Waals surface area contributed by atoms with Crippen molar-refractivity contribution in [1.82, 2.24) is 9.78 Å². The van der Waals surface area contributed by atoms with Gasteiger partial charge in [0.1, 0.15) is 10.7 Å². The van der Waals surface area contributed by atoms with E-state index in [0.29, 0.717) is 16.5 Å². The smallest absolute Gasteiger partial charge is 0.276 e. The van der Waals surface area contributed by atoms with Crippen LogP contribution in [-0.4, -0.2) is 21.6 Å². The third-order valence-corrected chi connectivity index (χ3v) is 5.35. The molecular weight excluding hydrogens is 328 g/mol. The van der Waals surface area contributed by atoms with Gasteiger partial charge in [0, 0.05) is 18.0 Å². The van der Waals surface area contributed by atoms with E-state index < -0.39 is 11.8 Å². The second-order valence-electron chi connectivity index (χ2n) is 6.05. The number of aryl methyl sites for hydroxylation is 1. The van der Waals surface area contributed by atoms with E-state index in [1.54, 1.807) is 0 Å². The summed E-state index contributed by atoms with van der Waals surface area (Å²) in [4.78, 5) is 36.7.